The monoisotopic (exact) mass is 310 g/mol. The topological polar surface area (TPSA) is 81.4 Å². The summed E-state index contributed by atoms with van der Waals surface area (Å²) in [6.45, 7) is 0. The van der Waals surface area contributed by atoms with E-state index in [0.29, 0.717) is 11.3 Å². The van der Waals surface area contributed by atoms with Crippen molar-refractivity contribution in [1.82, 2.24) is 5.32 Å². The minimum atomic E-state index is -0.869. The average Bonchev–Trinajstić information content (AvgIpc) is 2.58. The normalized spacial score (nSPS) is 11.9. The van der Waals surface area contributed by atoms with Crippen molar-refractivity contribution >= 4 is 17.9 Å². The summed E-state index contributed by atoms with van der Waals surface area (Å²) in [6.07, 6.45) is 2.97. The Bertz CT molecular complexity index is 711. The molecule has 0 heterocycles. The third-order valence-electron chi connectivity index (χ3n) is 3.26. The molecule has 0 saturated carbocycles. The number of nitrogens with one attached hydrogen (secondary N) is 1. The van der Waals surface area contributed by atoms with E-state index in [0.717, 1.165) is 5.56 Å². The number of primary amides is 1. The van der Waals surface area contributed by atoms with Crippen LogP contribution in [0.2, 0.25) is 0 Å². The lowest BCUT2D eigenvalue weighted by atomic mass is 10.1. The Morgan fingerprint density at radius 3 is 2.39 bits per heavy atom. The van der Waals surface area contributed by atoms with Crippen LogP contribution in [-0.4, -0.2) is 18.9 Å². The Morgan fingerprint density at radius 2 is 1.74 bits per heavy atom. The maximum Gasteiger partial charge on any atom is 0.244 e. The van der Waals surface area contributed by atoms with Crippen LogP contribution in [0.5, 0.6) is 5.75 Å². The zero-order valence-electron chi connectivity index (χ0n) is 12.7. The number of para-hydroxylation sites is 1. The van der Waals surface area contributed by atoms with Gasteiger partial charge in [0.05, 0.1) is 7.11 Å². The fourth-order valence-electron chi connectivity index (χ4n) is 2.12. The number of methoxy groups -OCH3 is 1. The van der Waals surface area contributed by atoms with Crippen LogP contribution in [0.4, 0.5) is 0 Å². The minimum absolute atomic E-state index is 0.413. The maximum absolute atomic E-state index is 12.1. The lowest BCUT2D eigenvalue weighted by Gasteiger charge is -2.14. The molecule has 0 bridgehead atoms. The number of amides is 2. The molecule has 3 N–H and O–H groups in total. The molecule has 2 aromatic carbocycles. The summed E-state index contributed by atoms with van der Waals surface area (Å²) in [5.41, 5.74) is 6.77. The van der Waals surface area contributed by atoms with E-state index in [1.807, 2.05) is 24.3 Å². The molecule has 5 nitrogen and oxygen atoms in total. The van der Waals surface area contributed by atoms with Gasteiger partial charge in [0.2, 0.25) is 11.8 Å². The number of hydrogen-bond acceptors (Lipinski definition) is 3. The smallest absolute Gasteiger partial charge is 0.244 e. The highest BCUT2D eigenvalue weighted by molar-refractivity contribution is 5.95. The van der Waals surface area contributed by atoms with Gasteiger partial charge in [0.15, 0.2) is 0 Å². The second kappa shape index (κ2) is 7.79. The van der Waals surface area contributed by atoms with E-state index in [1.165, 1.54) is 6.08 Å². The van der Waals surface area contributed by atoms with Crippen LogP contribution in [0, 0.1) is 0 Å². The molecular formula is C18H18N2O3. The van der Waals surface area contributed by atoms with Crippen molar-refractivity contribution < 1.29 is 14.3 Å². The van der Waals surface area contributed by atoms with Gasteiger partial charge in [-0.05, 0) is 17.7 Å². The highest BCUT2D eigenvalue weighted by Crippen LogP contribution is 2.18. The predicted molar refractivity (Wildman–Crippen MR) is 88.5 cm³/mol. The summed E-state index contributed by atoms with van der Waals surface area (Å²) in [4.78, 5) is 23.6. The Kier molecular flexibility index (Phi) is 5.52. The van der Waals surface area contributed by atoms with Gasteiger partial charge in [0.25, 0.3) is 0 Å². The first-order valence-corrected chi connectivity index (χ1v) is 7.07. The van der Waals surface area contributed by atoms with Gasteiger partial charge >= 0.3 is 0 Å². The second-order valence-corrected chi connectivity index (χ2v) is 4.83. The molecule has 0 aliphatic carbocycles. The van der Waals surface area contributed by atoms with Crippen molar-refractivity contribution in [2.75, 3.05) is 7.11 Å². The van der Waals surface area contributed by atoms with E-state index < -0.39 is 17.9 Å². The van der Waals surface area contributed by atoms with E-state index in [2.05, 4.69) is 5.32 Å². The Morgan fingerprint density at radius 1 is 1.09 bits per heavy atom. The SMILES string of the molecule is COc1ccccc1/C=C/C(=O)NC(C(N)=O)c1ccccc1. The van der Waals surface area contributed by atoms with Gasteiger partial charge in [-0.15, -0.1) is 0 Å². The van der Waals surface area contributed by atoms with Crippen LogP contribution in [-0.2, 0) is 9.59 Å². The molecule has 0 aliphatic heterocycles. The molecule has 23 heavy (non-hydrogen) atoms. The van der Waals surface area contributed by atoms with E-state index in [-0.39, 0.29) is 0 Å². The van der Waals surface area contributed by atoms with Gasteiger partial charge in [-0.1, -0.05) is 48.5 Å². The Hall–Kier alpha value is -3.08. The van der Waals surface area contributed by atoms with Crippen LogP contribution in [0.25, 0.3) is 6.08 Å². The molecule has 0 radical (unpaired) electrons. The van der Waals surface area contributed by atoms with Crippen molar-refractivity contribution in [1.29, 1.82) is 0 Å². The highest BCUT2D eigenvalue weighted by atomic mass is 16.5. The van der Waals surface area contributed by atoms with E-state index in [9.17, 15) is 9.59 Å². The molecule has 2 rings (SSSR count). The van der Waals surface area contributed by atoms with E-state index >= 15 is 0 Å². The summed E-state index contributed by atoms with van der Waals surface area (Å²) in [5.74, 6) is -0.370. The first-order chi connectivity index (χ1) is 11.1. The van der Waals surface area contributed by atoms with E-state index in [4.69, 9.17) is 10.5 Å². The van der Waals surface area contributed by atoms with Crippen molar-refractivity contribution in [2.45, 2.75) is 6.04 Å². The number of rotatable bonds is 6. The zero-order chi connectivity index (χ0) is 16.7. The number of nitrogens with two attached hydrogens (primary N) is 1. The molecule has 1 atom stereocenters. The number of carbonyl (C=O) groups is 2. The molecule has 0 fully saturated rings. The van der Waals surface area contributed by atoms with Crippen LogP contribution in [0.15, 0.2) is 60.7 Å². The van der Waals surface area contributed by atoms with Gasteiger partial charge < -0.3 is 15.8 Å². The Labute approximate surface area is 134 Å². The van der Waals surface area contributed by atoms with Crippen molar-refractivity contribution in [3.8, 4) is 5.75 Å². The highest BCUT2D eigenvalue weighted by Gasteiger charge is 2.18. The number of carbonyl (C=O) groups excluding carboxylic acids is 2. The molecule has 0 aromatic heterocycles. The van der Waals surface area contributed by atoms with Gasteiger partial charge in [-0.25, -0.2) is 0 Å². The third-order valence-corrected chi connectivity index (χ3v) is 3.26. The summed E-state index contributed by atoms with van der Waals surface area (Å²) >= 11 is 0. The average molecular weight is 310 g/mol. The third kappa shape index (κ3) is 4.44. The molecule has 1 unspecified atom stereocenters. The number of ether oxygens (including phenoxy) is 1. The van der Waals surface area contributed by atoms with Gasteiger partial charge in [-0.3, -0.25) is 9.59 Å². The molecule has 118 valence electrons. The van der Waals surface area contributed by atoms with Crippen molar-refractivity contribution in [2.24, 2.45) is 5.73 Å². The fourth-order valence-corrected chi connectivity index (χ4v) is 2.12. The predicted octanol–water partition coefficient (Wildman–Crippen LogP) is 2.05. The second-order valence-electron chi connectivity index (χ2n) is 4.83. The van der Waals surface area contributed by atoms with Crippen molar-refractivity contribution in [3.63, 3.8) is 0 Å². The van der Waals surface area contributed by atoms with Crippen LogP contribution in [0.1, 0.15) is 17.2 Å². The minimum Gasteiger partial charge on any atom is -0.496 e. The summed E-state index contributed by atoms with van der Waals surface area (Å²) in [5, 5.41) is 2.60. The quantitative estimate of drug-likeness (QED) is 0.801. The summed E-state index contributed by atoms with van der Waals surface area (Å²) < 4.78 is 5.21. The van der Waals surface area contributed by atoms with Crippen LogP contribution < -0.4 is 15.8 Å². The lowest BCUT2D eigenvalue weighted by molar-refractivity contribution is -0.125. The zero-order valence-corrected chi connectivity index (χ0v) is 12.7. The molecule has 0 spiro atoms. The molecule has 2 aromatic rings. The standard InChI is InChI=1S/C18H18N2O3/c1-23-15-10-6-5-7-13(15)11-12-16(21)20-17(18(19)22)14-8-3-2-4-9-14/h2-12,17H,1H3,(H2,19,22)(H,20,21)/b12-11+. The van der Waals surface area contributed by atoms with Gasteiger partial charge in [0.1, 0.15) is 11.8 Å². The first-order valence-electron chi connectivity index (χ1n) is 7.07. The van der Waals surface area contributed by atoms with Gasteiger partial charge in [-0.2, -0.15) is 0 Å². The van der Waals surface area contributed by atoms with Crippen LogP contribution in [0.3, 0.4) is 0 Å². The maximum atomic E-state index is 12.1. The number of hydrogen-bond donors (Lipinski definition) is 2. The molecule has 0 saturated heterocycles. The number of benzene rings is 2. The van der Waals surface area contributed by atoms with Crippen molar-refractivity contribution in [3.05, 3.63) is 71.8 Å². The molecule has 2 amide bonds. The summed E-state index contributed by atoms with van der Waals surface area (Å²) in [6, 6.07) is 15.3. The largest absolute Gasteiger partial charge is 0.496 e. The molecular weight excluding hydrogens is 292 g/mol. The summed E-state index contributed by atoms with van der Waals surface area (Å²) in [7, 11) is 1.56. The fraction of sp³-hybridized carbons (Fsp3) is 0.111. The van der Waals surface area contributed by atoms with Gasteiger partial charge in [0, 0.05) is 11.6 Å². The van der Waals surface area contributed by atoms with E-state index in [1.54, 1.807) is 43.5 Å². The molecule has 0 aliphatic rings. The Balaban J connectivity index is 2.11. The first kappa shape index (κ1) is 16.3. The molecule has 5 heteroatoms. The van der Waals surface area contributed by atoms with Crippen LogP contribution >= 0.6 is 0 Å². The lowest BCUT2D eigenvalue weighted by Crippen LogP contribution is -2.36.